The van der Waals surface area contributed by atoms with E-state index in [1.54, 1.807) is 0 Å². The Kier molecular flexibility index (Phi) is 6.61. The third-order valence-electron chi connectivity index (χ3n) is 9.83. The minimum atomic E-state index is -1.44. The summed E-state index contributed by atoms with van der Waals surface area (Å²) >= 11 is 0. The summed E-state index contributed by atoms with van der Waals surface area (Å²) in [5.41, 5.74) is -0.732. The van der Waals surface area contributed by atoms with Gasteiger partial charge in [-0.2, -0.15) is 0 Å². The van der Waals surface area contributed by atoms with Crippen LogP contribution < -0.4 is 0 Å². The Labute approximate surface area is 198 Å². The van der Waals surface area contributed by atoms with Crippen LogP contribution in [0.15, 0.2) is 12.7 Å². The topological polar surface area (TPSA) is 109 Å². The summed E-state index contributed by atoms with van der Waals surface area (Å²) in [5, 5.41) is 40.7. The van der Waals surface area contributed by atoms with Crippen LogP contribution in [0.1, 0.15) is 73.1 Å². The monoisotopic (exact) mass is 468 g/mol. The number of aliphatic hydroxyl groups excluding tert-OH is 4. The largest absolute Gasteiger partial charge is 0.394 e. The van der Waals surface area contributed by atoms with Crippen LogP contribution in [0, 0.1) is 22.7 Å². The van der Waals surface area contributed by atoms with Crippen molar-refractivity contribution in [2.75, 3.05) is 6.61 Å². The van der Waals surface area contributed by atoms with Crippen LogP contribution in [0.25, 0.3) is 0 Å². The Balaban J connectivity index is 1.66. The molecule has 4 N–H and O–H groups in total. The molecule has 0 bridgehead atoms. The molecule has 0 aromatic heterocycles. The summed E-state index contributed by atoms with van der Waals surface area (Å²) < 4.78 is 19.0. The number of ether oxygens (including phenoxy) is 3. The summed E-state index contributed by atoms with van der Waals surface area (Å²) in [6, 6.07) is 0. The van der Waals surface area contributed by atoms with E-state index in [9.17, 15) is 20.4 Å². The van der Waals surface area contributed by atoms with Crippen molar-refractivity contribution >= 4 is 0 Å². The van der Waals surface area contributed by atoms with Gasteiger partial charge in [-0.3, -0.25) is 0 Å². The van der Waals surface area contributed by atoms with Crippen molar-refractivity contribution in [3.8, 4) is 0 Å². The normalized spacial score (nSPS) is 54.2. The molecule has 4 aliphatic rings. The average Bonchev–Trinajstić information content (AvgIpc) is 2.75. The lowest BCUT2D eigenvalue weighted by Gasteiger charge is -2.67. The first-order valence-corrected chi connectivity index (χ1v) is 12.6. The zero-order valence-corrected chi connectivity index (χ0v) is 20.9. The lowest BCUT2D eigenvalue weighted by atomic mass is 9.43. The van der Waals surface area contributed by atoms with Gasteiger partial charge in [0.25, 0.3) is 0 Å². The third kappa shape index (κ3) is 4.02. The van der Waals surface area contributed by atoms with Crippen LogP contribution in [-0.2, 0) is 14.2 Å². The van der Waals surface area contributed by atoms with E-state index in [4.69, 9.17) is 14.2 Å². The molecule has 190 valence electrons. The number of aliphatic hydroxyl groups is 4. The number of rotatable bonds is 4. The van der Waals surface area contributed by atoms with E-state index in [1.807, 2.05) is 6.08 Å². The van der Waals surface area contributed by atoms with E-state index in [-0.39, 0.29) is 34.1 Å². The van der Waals surface area contributed by atoms with Gasteiger partial charge in [0, 0.05) is 5.41 Å². The predicted molar refractivity (Wildman–Crippen MR) is 123 cm³/mol. The Morgan fingerprint density at radius 2 is 1.58 bits per heavy atom. The van der Waals surface area contributed by atoms with Gasteiger partial charge in [-0.25, -0.2) is 0 Å². The van der Waals surface area contributed by atoms with Gasteiger partial charge < -0.3 is 34.6 Å². The van der Waals surface area contributed by atoms with Crippen molar-refractivity contribution < 1.29 is 34.6 Å². The van der Waals surface area contributed by atoms with Crippen molar-refractivity contribution in [2.24, 2.45) is 22.7 Å². The van der Waals surface area contributed by atoms with Gasteiger partial charge in [-0.15, -0.1) is 6.58 Å². The van der Waals surface area contributed by atoms with Crippen molar-refractivity contribution in [1.82, 2.24) is 0 Å². The molecule has 2 aliphatic heterocycles. The minimum absolute atomic E-state index is 0.143. The highest BCUT2D eigenvalue weighted by molar-refractivity contribution is 5.15. The molecule has 7 heteroatoms. The Bertz CT molecular complexity index is 740. The van der Waals surface area contributed by atoms with Gasteiger partial charge in [0.1, 0.15) is 24.4 Å². The highest BCUT2D eigenvalue weighted by Crippen LogP contribution is 2.66. The lowest BCUT2D eigenvalue weighted by molar-refractivity contribution is -0.344. The van der Waals surface area contributed by atoms with Crippen LogP contribution in [-0.4, -0.2) is 75.0 Å². The Hall–Kier alpha value is -0.540. The number of hydrogen-bond donors (Lipinski definition) is 4. The molecule has 0 aromatic rings. The van der Waals surface area contributed by atoms with Gasteiger partial charge in [0.05, 0.1) is 23.9 Å². The van der Waals surface area contributed by atoms with Gasteiger partial charge in [0.2, 0.25) is 0 Å². The molecule has 2 aliphatic carbocycles. The second-order valence-electron chi connectivity index (χ2n) is 12.3. The molecular formula is C26H44O7. The molecule has 2 saturated heterocycles. The van der Waals surface area contributed by atoms with E-state index < -0.39 is 37.3 Å². The first-order chi connectivity index (χ1) is 15.3. The van der Waals surface area contributed by atoms with E-state index in [0.29, 0.717) is 5.92 Å². The second-order valence-corrected chi connectivity index (χ2v) is 12.3. The highest BCUT2D eigenvalue weighted by Gasteiger charge is 2.65. The van der Waals surface area contributed by atoms with Crippen LogP contribution >= 0.6 is 0 Å². The smallest absolute Gasteiger partial charge is 0.186 e. The van der Waals surface area contributed by atoms with Crippen molar-refractivity contribution in [3.05, 3.63) is 12.7 Å². The quantitative estimate of drug-likeness (QED) is 0.470. The summed E-state index contributed by atoms with van der Waals surface area (Å²) in [7, 11) is 0. The van der Waals surface area contributed by atoms with Crippen LogP contribution in [0.2, 0.25) is 0 Å². The van der Waals surface area contributed by atoms with E-state index in [2.05, 4.69) is 41.2 Å². The Morgan fingerprint density at radius 3 is 2.21 bits per heavy atom. The average molecular weight is 469 g/mol. The summed E-state index contributed by atoms with van der Waals surface area (Å²) in [5.74, 6) is 0.662. The fraction of sp³-hybridized carbons (Fsp3) is 0.923. The predicted octanol–water partition coefficient (Wildman–Crippen LogP) is 2.54. The van der Waals surface area contributed by atoms with E-state index >= 15 is 0 Å². The molecule has 11 atom stereocenters. The molecule has 33 heavy (non-hydrogen) atoms. The third-order valence-corrected chi connectivity index (χ3v) is 9.83. The molecule has 7 nitrogen and oxygen atoms in total. The minimum Gasteiger partial charge on any atom is -0.394 e. The van der Waals surface area contributed by atoms with E-state index in [0.717, 1.165) is 38.5 Å². The molecule has 0 amide bonds. The van der Waals surface area contributed by atoms with Crippen LogP contribution in [0.3, 0.4) is 0 Å². The summed E-state index contributed by atoms with van der Waals surface area (Å²) in [6.45, 7) is 14.9. The SMILES string of the molecule is C=C[C@@]1(C)CC[C@H]2[C@]3(C)[C@@H](O[C@@H]4O[C@H](CO)[C@H](O)[C@H](O)[C@H]4O)CCC(C)(C)[C@H]3CC[C@]2(C)O1. The molecular weight excluding hydrogens is 424 g/mol. The van der Waals surface area contributed by atoms with Crippen molar-refractivity contribution in [2.45, 2.75) is 121 Å². The van der Waals surface area contributed by atoms with E-state index in [1.165, 1.54) is 0 Å². The maximum atomic E-state index is 10.6. The van der Waals surface area contributed by atoms with Gasteiger partial charge in [-0.05, 0) is 69.6 Å². The van der Waals surface area contributed by atoms with Crippen molar-refractivity contribution in [3.63, 3.8) is 0 Å². The lowest BCUT2D eigenvalue weighted by Crippen LogP contribution is -2.68. The summed E-state index contributed by atoms with van der Waals surface area (Å²) in [6.07, 6.45) is 1.12. The molecule has 4 rings (SSSR count). The maximum Gasteiger partial charge on any atom is 0.186 e. The molecule has 0 spiro atoms. The standard InChI is InChI=1S/C26H44O7/c1-7-24(4)12-8-17-25(5,33-24)13-9-16-23(2,3)11-10-18(26(16,17)6)32-22-21(30)20(29)19(28)15(14-27)31-22/h7,15-22,27-30H,1,8-14H2,2-6H3/t15-,16-,17-,18+,19+,20+,21-,22+,24+,25+,26-/m1/s1. The zero-order chi connectivity index (χ0) is 24.4. The van der Waals surface area contributed by atoms with Crippen molar-refractivity contribution in [1.29, 1.82) is 0 Å². The first kappa shape index (κ1) is 25.5. The maximum absolute atomic E-state index is 10.6. The fourth-order valence-corrected chi connectivity index (χ4v) is 7.94. The number of hydrogen-bond acceptors (Lipinski definition) is 7. The first-order valence-electron chi connectivity index (χ1n) is 12.6. The van der Waals surface area contributed by atoms with Gasteiger partial charge >= 0.3 is 0 Å². The molecule has 0 radical (unpaired) electrons. The molecule has 2 saturated carbocycles. The summed E-state index contributed by atoms with van der Waals surface area (Å²) in [4.78, 5) is 0. The van der Waals surface area contributed by atoms with Crippen LogP contribution in [0.4, 0.5) is 0 Å². The zero-order valence-electron chi connectivity index (χ0n) is 20.9. The fourth-order valence-electron chi connectivity index (χ4n) is 7.94. The molecule has 0 unspecified atom stereocenters. The molecule has 4 fully saturated rings. The van der Waals surface area contributed by atoms with Gasteiger partial charge in [0.15, 0.2) is 6.29 Å². The van der Waals surface area contributed by atoms with Gasteiger partial charge in [-0.1, -0.05) is 26.8 Å². The highest BCUT2D eigenvalue weighted by atomic mass is 16.7. The Morgan fingerprint density at radius 1 is 0.909 bits per heavy atom. The second kappa shape index (κ2) is 8.54. The number of fused-ring (bicyclic) bond motifs is 3. The molecule has 2 heterocycles. The molecule has 0 aromatic carbocycles. The van der Waals surface area contributed by atoms with Crippen LogP contribution in [0.5, 0.6) is 0 Å².